The summed E-state index contributed by atoms with van der Waals surface area (Å²) in [5.74, 6) is -0.0845. The van der Waals surface area contributed by atoms with Crippen molar-refractivity contribution in [3.63, 3.8) is 0 Å². The second-order valence-corrected chi connectivity index (χ2v) is 5.90. The van der Waals surface area contributed by atoms with Gasteiger partial charge in [0.25, 0.3) is 0 Å². The maximum Gasteiger partial charge on any atom is 0.247 e. The summed E-state index contributed by atoms with van der Waals surface area (Å²) in [6.07, 6.45) is 2.90. The minimum atomic E-state index is -0.893. The number of carbonyl (C=O) groups is 1. The van der Waals surface area contributed by atoms with E-state index in [1.54, 1.807) is 11.9 Å². The van der Waals surface area contributed by atoms with Crippen LogP contribution in [0.5, 0.6) is 0 Å². The second-order valence-electron chi connectivity index (χ2n) is 5.90. The van der Waals surface area contributed by atoms with Crippen molar-refractivity contribution in [1.82, 2.24) is 0 Å². The van der Waals surface area contributed by atoms with Gasteiger partial charge in [0.15, 0.2) is 0 Å². The summed E-state index contributed by atoms with van der Waals surface area (Å²) in [6.45, 7) is 8.08. The average Bonchev–Trinajstić information content (AvgIpc) is 2.44. The van der Waals surface area contributed by atoms with Gasteiger partial charge in [-0.25, -0.2) is 0 Å². The van der Waals surface area contributed by atoms with Gasteiger partial charge in [-0.1, -0.05) is 32.8 Å². The summed E-state index contributed by atoms with van der Waals surface area (Å²) in [5, 5.41) is 9.62. The molecule has 1 aromatic rings. The smallest absolute Gasteiger partial charge is 0.247 e. The maximum absolute atomic E-state index is 12.9. The predicted octanol–water partition coefficient (Wildman–Crippen LogP) is 4.38. The number of aryl methyl sites for hydroxylation is 2. The van der Waals surface area contributed by atoms with Gasteiger partial charge in [0.1, 0.15) is 5.41 Å². The topological polar surface area (TPSA) is 44.1 Å². The van der Waals surface area contributed by atoms with Crippen LogP contribution in [0.4, 0.5) is 5.69 Å². The van der Waals surface area contributed by atoms with Gasteiger partial charge < -0.3 is 4.90 Å². The Hall–Kier alpha value is -1.82. The van der Waals surface area contributed by atoms with Gasteiger partial charge in [-0.2, -0.15) is 5.26 Å². The zero-order valence-corrected chi connectivity index (χ0v) is 13.9. The lowest BCUT2D eigenvalue weighted by Crippen LogP contribution is -2.41. The molecule has 114 valence electrons. The lowest BCUT2D eigenvalue weighted by atomic mass is 9.79. The van der Waals surface area contributed by atoms with Gasteiger partial charge in [0.2, 0.25) is 5.91 Å². The molecule has 0 bridgehead atoms. The number of hydrogen-bond acceptors (Lipinski definition) is 2. The lowest BCUT2D eigenvalue weighted by molar-refractivity contribution is -0.125. The summed E-state index contributed by atoms with van der Waals surface area (Å²) in [4.78, 5) is 14.5. The molecule has 0 N–H and O–H groups in total. The molecule has 0 saturated heterocycles. The molecule has 0 unspecified atom stereocenters. The van der Waals surface area contributed by atoms with Crippen LogP contribution >= 0.6 is 0 Å². The van der Waals surface area contributed by atoms with Crippen LogP contribution in [0.25, 0.3) is 0 Å². The van der Waals surface area contributed by atoms with Gasteiger partial charge in [0.05, 0.1) is 6.07 Å². The third-order valence-electron chi connectivity index (χ3n) is 3.88. The number of nitriles is 1. The molecule has 0 aliphatic carbocycles. The number of benzene rings is 1. The van der Waals surface area contributed by atoms with Crippen molar-refractivity contribution in [2.75, 3.05) is 11.9 Å². The van der Waals surface area contributed by atoms with E-state index >= 15 is 0 Å². The van der Waals surface area contributed by atoms with E-state index < -0.39 is 5.41 Å². The molecule has 0 saturated carbocycles. The summed E-state index contributed by atoms with van der Waals surface area (Å²) < 4.78 is 0. The number of hydrogen-bond donors (Lipinski definition) is 0. The molecule has 3 nitrogen and oxygen atoms in total. The van der Waals surface area contributed by atoms with Gasteiger partial charge in [-0.3, -0.25) is 4.79 Å². The molecule has 0 heterocycles. The maximum atomic E-state index is 12.9. The Labute approximate surface area is 128 Å². The van der Waals surface area contributed by atoms with E-state index in [4.69, 9.17) is 0 Å². The standard InChI is InChI=1S/C18H26N2O/c1-6-8-18(13-19,9-7-2)17(21)20(5)16-11-14(3)10-15(4)12-16/h10-12H,6-9H2,1-5H3. The van der Waals surface area contributed by atoms with Crippen molar-refractivity contribution in [1.29, 1.82) is 5.26 Å². The van der Waals surface area contributed by atoms with E-state index in [9.17, 15) is 10.1 Å². The van der Waals surface area contributed by atoms with Crippen LogP contribution in [-0.4, -0.2) is 13.0 Å². The van der Waals surface area contributed by atoms with Crippen LogP contribution in [0.2, 0.25) is 0 Å². The Morgan fingerprint density at radius 3 is 2.00 bits per heavy atom. The van der Waals surface area contributed by atoms with E-state index in [-0.39, 0.29) is 5.91 Å². The molecule has 0 fully saturated rings. The van der Waals surface area contributed by atoms with Crippen LogP contribution in [0.1, 0.15) is 50.7 Å². The average molecular weight is 286 g/mol. The van der Waals surface area contributed by atoms with Crippen molar-refractivity contribution >= 4 is 11.6 Å². The Morgan fingerprint density at radius 2 is 1.62 bits per heavy atom. The number of carbonyl (C=O) groups excluding carboxylic acids is 1. The Balaban J connectivity index is 3.16. The number of anilines is 1. The second kappa shape index (κ2) is 7.26. The van der Waals surface area contributed by atoms with Gasteiger partial charge >= 0.3 is 0 Å². The van der Waals surface area contributed by atoms with Gasteiger partial charge in [-0.15, -0.1) is 0 Å². The lowest BCUT2D eigenvalue weighted by Gasteiger charge is -2.30. The largest absolute Gasteiger partial charge is 0.314 e. The van der Waals surface area contributed by atoms with E-state index in [1.165, 1.54) is 0 Å². The molecule has 1 rings (SSSR count). The molecule has 0 aliphatic heterocycles. The van der Waals surface area contributed by atoms with Crippen molar-refractivity contribution in [3.05, 3.63) is 29.3 Å². The van der Waals surface area contributed by atoms with E-state index in [2.05, 4.69) is 12.1 Å². The molecule has 3 heteroatoms. The molecule has 0 aromatic heterocycles. The van der Waals surface area contributed by atoms with E-state index in [0.717, 1.165) is 29.7 Å². The van der Waals surface area contributed by atoms with Crippen molar-refractivity contribution in [3.8, 4) is 6.07 Å². The van der Waals surface area contributed by atoms with Gasteiger partial charge in [-0.05, 0) is 49.9 Å². The number of rotatable bonds is 6. The highest BCUT2D eigenvalue weighted by atomic mass is 16.2. The van der Waals surface area contributed by atoms with Gasteiger partial charge in [0, 0.05) is 12.7 Å². The fourth-order valence-electron chi connectivity index (χ4n) is 2.93. The molecule has 1 aromatic carbocycles. The Kier molecular flexibility index (Phi) is 5.96. The minimum Gasteiger partial charge on any atom is -0.314 e. The molecule has 21 heavy (non-hydrogen) atoms. The summed E-state index contributed by atoms with van der Waals surface area (Å²) in [7, 11) is 1.77. The zero-order chi connectivity index (χ0) is 16.0. The van der Waals surface area contributed by atoms with E-state index in [1.807, 2.05) is 39.8 Å². The quantitative estimate of drug-likeness (QED) is 0.779. The highest BCUT2D eigenvalue weighted by molar-refractivity contribution is 5.99. The fourth-order valence-corrected chi connectivity index (χ4v) is 2.93. The summed E-state index contributed by atoms with van der Waals surface area (Å²) >= 11 is 0. The molecule has 0 radical (unpaired) electrons. The Morgan fingerprint density at radius 1 is 1.14 bits per heavy atom. The third kappa shape index (κ3) is 3.85. The van der Waals surface area contributed by atoms with Crippen LogP contribution in [0, 0.1) is 30.6 Å². The molecule has 0 aliphatic rings. The fraction of sp³-hybridized carbons (Fsp3) is 0.556. The van der Waals surface area contributed by atoms with Crippen molar-refractivity contribution < 1.29 is 4.79 Å². The normalized spacial score (nSPS) is 11.0. The molecule has 0 atom stereocenters. The van der Waals surface area contributed by atoms with Crippen LogP contribution < -0.4 is 4.90 Å². The number of nitrogens with zero attached hydrogens (tertiary/aromatic N) is 2. The molecule has 0 spiro atoms. The first kappa shape index (κ1) is 17.2. The predicted molar refractivity (Wildman–Crippen MR) is 87.2 cm³/mol. The highest BCUT2D eigenvalue weighted by Crippen LogP contribution is 2.33. The van der Waals surface area contributed by atoms with Crippen molar-refractivity contribution in [2.45, 2.75) is 53.4 Å². The summed E-state index contributed by atoms with van der Waals surface area (Å²) in [6, 6.07) is 8.37. The van der Waals surface area contributed by atoms with E-state index in [0.29, 0.717) is 12.8 Å². The van der Waals surface area contributed by atoms with Crippen LogP contribution in [-0.2, 0) is 4.79 Å². The first-order valence-corrected chi connectivity index (χ1v) is 7.68. The SMILES string of the molecule is CCCC(C#N)(CCC)C(=O)N(C)c1cc(C)cc(C)c1. The first-order chi connectivity index (χ1) is 9.90. The third-order valence-corrected chi connectivity index (χ3v) is 3.88. The van der Waals surface area contributed by atoms with Crippen molar-refractivity contribution in [2.24, 2.45) is 5.41 Å². The minimum absolute atomic E-state index is 0.0845. The summed E-state index contributed by atoms with van der Waals surface area (Å²) in [5.41, 5.74) is 2.22. The monoisotopic (exact) mass is 286 g/mol. The Bertz CT molecular complexity index is 516. The van der Waals surface area contributed by atoms with Crippen LogP contribution in [0.15, 0.2) is 18.2 Å². The molecular weight excluding hydrogens is 260 g/mol. The molecule has 1 amide bonds. The van der Waals surface area contributed by atoms with Crippen LogP contribution in [0.3, 0.4) is 0 Å². The number of amides is 1. The first-order valence-electron chi connectivity index (χ1n) is 7.68. The zero-order valence-electron chi connectivity index (χ0n) is 13.9. The highest BCUT2D eigenvalue weighted by Gasteiger charge is 2.39. The molecular formula is C18H26N2O.